The van der Waals surface area contributed by atoms with Crippen LogP contribution in [0.4, 0.5) is 5.82 Å². The van der Waals surface area contributed by atoms with E-state index in [2.05, 4.69) is 9.97 Å². The number of carbonyl (C=O) groups is 1. The molecule has 2 aromatic carbocycles. The van der Waals surface area contributed by atoms with Crippen molar-refractivity contribution < 1.29 is 9.53 Å². The number of aromatic amines is 1. The van der Waals surface area contributed by atoms with Crippen LogP contribution >= 0.6 is 0 Å². The van der Waals surface area contributed by atoms with Gasteiger partial charge in [0.1, 0.15) is 11.5 Å². The van der Waals surface area contributed by atoms with Crippen LogP contribution in [0.25, 0.3) is 22.2 Å². The van der Waals surface area contributed by atoms with E-state index in [4.69, 9.17) is 10.5 Å². The number of para-hydroxylation sites is 1. The van der Waals surface area contributed by atoms with Crippen LogP contribution in [0.3, 0.4) is 0 Å². The number of anilines is 1. The maximum absolute atomic E-state index is 12.6. The molecule has 0 atom stereocenters. The third kappa shape index (κ3) is 3.06. The average molecular weight is 360 g/mol. The highest BCUT2D eigenvalue weighted by Gasteiger charge is 2.24. The van der Waals surface area contributed by atoms with Crippen LogP contribution in [0.2, 0.25) is 0 Å². The van der Waals surface area contributed by atoms with E-state index in [-0.39, 0.29) is 0 Å². The van der Waals surface area contributed by atoms with E-state index in [1.165, 1.54) is 0 Å². The summed E-state index contributed by atoms with van der Waals surface area (Å²) in [5, 5.41) is 0.905. The fourth-order valence-electron chi connectivity index (χ4n) is 3.31. The molecule has 0 unspecified atom stereocenters. The van der Waals surface area contributed by atoms with Gasteiger partial charge >= 0.3 is 5.97 Å². The van der Waals surface area contributed by atoms with Crippen LogP contribution in [0.1, 0.15) is 23.0 Å². The van der Waals surface area contributed by atoms with Crippen molar-refractivity contribution in [1.82, 2.24) is 14.5 Å². The Morgan fingerprint density at radius 3 is 2.67 bits per heavy atom. The van der Waals surface area contributed by atoms with E-state index in [1.807, 2.05) is 59.2 Å². The van der Waals surface area contributed by atoms with Crippen molar-refractivity contribution in [1.29, 1.82) is 0 Å². The van der Waals surface area contributed by atoms with E-state index >= 15 is 0 Å². The molecule has 0 aliphatic heterocycles. The molecule has 2 heterocycles. The molecule has 0 saturated carbocycles. The summed E-state index contributed by atoms with van der Waals surface area (Å²) < 4.78 is 7.21. The number of nitrogens with one attached hydrogen (secondary N) is 1. The number of aromatic nitrogens is 3. The van der Waals surface area contributed by atoms with Crippen molar-refractivity contribution in [3.63, 3.8) is 0 Å². The van der Waals surface area contributed by atoms with E-state index < -0.39 is 5.97 Å². The highest BCUT2D eigenvalue weighted by molar-refractivity contribution is 6.08. The summed E-state index contributed by atoms with van der Waals surface area (Å²) in [7, 11) is 0. The van der Waals surface area contributed by atoms with Gasteiger partial charge in [-0.25, -0.2) is 9.78 Å². The maximum atomic E-state index is 12.6. The monoisotopic (exact) mass is 360 g/mol. The van der Waals surface area contributed by atoms with Crippen molar-refractivity contribution in [2.75, 3.05) is 12.3 Å². The van der Waals surface area contributed by atoms with Crippen LogP contribution < -0.4 is 5.73 Å². The number of nitrogen functional groups attached to an aromatic ring is 1. The smallest absolute Gasteiger partial charge is 0.355 e. The van der Waals surface area contributed by atoms with E-state index in [0.717, 1.165) is 22.0 Å². The predicted octanol–water partition coefficient (Wildman–Crippen LogP) is 3.84. The van der Waals surface area contributed by atoms with Gasteiger partial charge in [0.15, 0.2) is 0 Å². The third-order valence-corrected chi connectivity index (χ3v) is 4.48. The Kier molecular flexibility index (Phi) is 4.38. The van der Waals surface area contributed by atoms with Gasteiger partial charge in [-0.2, -0.15) is 0 Å². The van der Waals surface area contributed by atoms with Gasteiger partial charge in [0, 0.05) is 23.0 Å². The van der Waals surface area contributed by atoms with E-state index in [0.29, 0.717) is 30.4 Å². The Hall–Kier alpha value is -3.54. The Labute approximate surface area is 156 Å². The number of hydrogen-bond donors (Lipinski definition) is 2. The van der Waals surface area contributed by atoms with Crippen LogP contribution in [0.15, 0.2) is 60.9 Å². The minimum atomic E-state index is -0.407. The molecule has 0 amide bonds. The number of hydrogen-bond acceptors (Lipinski definition) is 4. The summed E-state index contributed by atoms with van der Waals surface area (Å²) in [6.45, 7) is 2.68. The first-order valence-electron chi connectivity index (χ1n) is 8.81. The number of nitrogens with zero attached hydrogens (tertiary/aromatic N) is 2. The van der Waals surface area contributed by atoms with Gasteiger partial charge in [-0.1, -0.05) is 48.5 Å². The molecule has 2 aromatic heterocycles. The number of nitrogens with two attached hydrogens (primary N) is 1. The molecule has 6 heteroatoms. The standard InChI is InChI=1S/C21H20N4O2/c1-2-27-21(26)18-17(15-10-6-7-11-16(15)24-18)19-20(22)23-13-25(19)12-14-8-4-3-5-9-14/h3-11,13,24H,2,12,22H2,1H3. The molecule has 0 radical (unpaired) electrons. The lowest BCUT2D eigenvalue weighted by atomic mass is 10.1. The van der Waals surface area contributed by atoms with Gasteiger partial charge in [0.2, 0.25) is 0 Å². The lowest BCUT2D eigenvalue weighted by Crippen LogP contribution is -2.09. The Balaban J connectivity index is 1.91. The molecule has 6 nitrogen and oxygen atoms in total. The Morgan fingerprint density at radius 1 is 1.15 bits per heavy atom. The Morgan fingerprint density at radius 2 is 1.89 bits per heavy atom. The first-order valence-corrected chi connectivity index (χ1v) is 8.81. The minimum absolute atomic E-state index is 0.298. The highest BCUT2D eigenvalue weighted by Crippen LogP contribution is 2.36. The fourth-order valence-corrected chi connectivity index (χ4v) is 3.31. The van der Waals surface area contributed by atoms with Crippen molar-refractivity contribution in [2.24, 2.45) is 0 Å². The number of carbonyl (C=O) groups excluding carboxylic acids is 1. The van der Waals surface area contributed by atoms with Crippen LogP contribution in [-0.4, -0.2) is 27.1 Å². The SMILES string of the molecule is CCOC(=O)c1[nH]c2ccccc2c1-c1c(N)ncn1Cc1ccccc1. The number of fused-ring (bicyclic) bond motifs is 1. The van der Waals surface area contributed by atoms with Gasteiger partial charge in [-0.15, -0.1) is 0 Å². The molecule has 0 fully saturated rings. The molecule has 27 heavy (non-hydrogen) atoms. The quantitative estimate of drug-likeness (QED) is 0.530. The lowest BCUT2D eigenvalue weighted by Gasteiger charge is -2.11. The van der Waals surface area contributed by atoms with Gasteiger partial charge < -0.3 is 20.0 Å². The normalized spacial score (nSPS) is 11.0. The van der Waals surface area contributed by atoms with Crippen LogP contribution in [0.5, 0.6) is 0 Å². The lowest BCUT2D eigenvalue weighted by molar-refractivity contribution is 0.0521. The first kappa shape index (κ1) is 16.9. The van der Waals surface area contributed by atoms with E-state index in [9.17, 15) is 4.79 Å². The van der Waals surface area contributed by atoms with E-state index in [1.54, 1.807) is 13.3 Å². The van der Waals surface area contributed by atoms with Crippen molar-refractivity contribution in [3.05, 3.63) is 72.2 Å². The molecule has 0 bridgehead atoms. The molecular formula is C21H20N4O2. The third-order valence-electron chi connectivity index (χ3n) is 4.48. The van der Waals surface area contributed by atoms with Gasteiger partial charge in [0.25, 0.3) is 0 Å². The number of rotatable bonds is 5. The molecule has 0 aliphatic rings. The zero-order valence-electron chi connectivity index (χ0n) is 15.0. The molecular weight excluding hydrogens is 340 g/mol. The molecule has 3 N–H and O–H groups in total. The number of H-pyrrole nitrogens is 1. The van der Waals surface area contributed by atoms with Gasteiger partial charge in [-0.3, -0.25) is 0 Å². The second kappa shape index (κ2) is 6.99. The summed E-state index contributed by atoms with van der Waals surface area (Å²) in [4.78, 5) is 20.1. The van der Waals surface area contributed by atoms with Crippen LogP contribution in [0, 0.1) is 0 Å². The molecule has 136 valence electrons. The van der Waals surface area contributed by atoms with Crippen molar-refractivity contribution in [3.8, 4) is 11.3 Å². The minimum Gasteiger partial charge on any atom is -0.461 e. The summed E-state index contributed by atoms with van der Waals surface area (Å²) in [5.74, 6) is -0.0307. The molecule has 0 saturated heterocycles. The van der Waals surface area contributed by atoms with Crippen LogP contribution in [-0.2, 0) is 11.3 Å². The molecule has 0 aliphatic carbocycles. The maximum Gasteiger partial charge on any atom is 0.355 e. The average Bonchev–Trinajstić information content (AvgIpc) is 3.23. The molecule has 0 spiro atoms. The van der Waals surface area contributed by atoms with Gasteiger partial charge in [0.05, 0.1) is 18.6 Å². The Bertz CT molecular complexity index is 1100. The van der Waals surface area contributed by atoms with Crippen molar-refractivity contribution in [2.45, 2.75) is 13.5 Å². The second-order valence-electron chi connectivity index (χ2n) is 6.23. The number of esters is 1. The molecule has 4 rings (SSSR count). The zero-order chi connectivity index (χ0) is 18.8. The summed E-state index contributed by atoms with van der Waals surface area (Å²) in [6.07, 6.45) is 1.70. The summed E-state index contributed by atoms with van der Waals surface area (Å²) in [6, 6.07) is 17.8. The first-order chi connectivity index (χ1) is 13.2. The summed E-state index contributed by atoms with van der Waals surface area (Å²) in [5.41, 5.74) is 10.0. The second-order valence-corrected chi connectivity index (χ2v) is 6.23. The highest BCUT2D eigenvalue weighted by atomic mass is 16.5. The number of ether oxygens (including phenoxy) is 1. The van der Waals surface area contributed by atoms with Crippen molar-refractivity contribution >= 4 is 22.7 Å². The topological polar surface area (TPSA) is 85.9 Å². The molecule has 4 aromatic rings. The summed E-state index contributed by atoms with van der Waals surface area (Å²) >= 11 is 0. The largest absolute Gasteiger partial charge is 0.461 e. The zero-order valence-corrected chi connectivity index (χ0v) is 15.0. The predicted molar refractivity (Wildman–Crippen MR) is 105 cm³/mol. The number of imidazole rings is 1. The van der Waals surface area contributed by atoms with Gasteiger partial charge in [-0.05, 0) is 18.6 Å². The fraction of sp³-hybridized carbons (Fsp3) is 0.143. The number of benzene rings is 2.